The van der Waals surface area contributed by atoms with E-state index in [9.17, 15) is 4.79 Å². The Balaban J connectivity index is 1.68. The van der Waals surface area contributed by atoms with Gasteiger partial charge in [0.05, 0.1) is 21.4 Å². The minimum Gasteiger partial charge on any atom is -0.482 e. The van der Waals surface area contributed by atoms with Gasteiger partial charge in [0.2, 0.25) is 0 Å². The van der Waals surface area contributed by atoms with Crippen LogP contribution < -0.4 is 15.0 Å². The quantitative estimate of drug-likeness (QED) is 0.795. The highest BCUT2D eigenvalue weighted by atomic mass is 35.5. The Morgan fingerprint density at radius 3 is 2.48 bits per heavy atom. The highest BCUT2D eigenvalue weighted by Gasteiger charge is 2.19. The number of rotatable bonds is 5. The van der Waals surface area contributed by atoms with Crippen molar-refractivity contribution in [1.82, 2.24) is 0 Å². The van der Waals surface area contributed by atoms with Gasteiger partial charge < -0.3 is 15.0 Å². The van der Waals surface area contributed by atoms with Crippen molar-refractivity contribution in [3.8, 4) is 5.75 Å². The van der Waals surface area contributed by atoms with E-state index in [1.165, 1.54) is 6.42 Å². The lowest BCUT2D eigenvalue weighted by atomic mass is 10.1. The molecule has 0 aliphatic carbocycles. The third-order valence-electron chi connectivity index (χ3n) is 4.13. The van der Waals surface area contributed by atoms with Gasteiger partial charge in [-0.25, -0.2) is 0 Å². The lowest BCUT2D eigenvalue weighted by Crippen LogP contribution is -2.31. The van der Waals surface area contributed by atoms with E-state index in [1.54, 1.807) is 12.1 Å². The number of piperidine rings is 1. The standard InChI is InChI=1S/C19H20Cl2N2O2/c20-14-7-2-3-10-17(14)25-13-18(24)22-16-9-6-8-15(21)19(16)23-11-4-1-5-12-23/h2-3,6-10H,1,4-5,11-13H2,(H,22,24). The predicted molar refractivity (Wildman–Crippen MR) is 103 cm³/mol. The van der Waals surface area contributed by atoms with Crippen molar-refractivity contribution < 1.29 is 9.53 Å². The van der Waals surface area contributed by atoms with Crippen molar-refractivity contribution in [2.24, 2.45) is 0 Å². The van der Waals surface area contributed by atoms with E-state index in [2.05, 4.69) is 10.2 Å². The Bertz CT molecular complexity index is 746. The Morgan fingerprint density at radius 1 is 1.00 bits per heavy atom. The number of carbonyl (C=O) groups is 1. The Kier molecular flexibility index (Phi) is 6.05. The fraction of sp³-hybridized carbons (Fsp3) is 0.316. The molecule has 0 spiro atoms. The third-order valence-corrected chi connectivity index (χ3v) is 4.75. The van der Waals surface area contributed by atoms with Crippen molar-refractivity contribution in [3.63, 3.8) is 0 Å². The molecule has 0 atom stereocenters. The van der Waals surface area contributed by atoms with E-state index >= 15 is 0 Å². The summed E-state index contributed by atoms with van der Waals surface area (Å²) in [6, 6.07) is 12.6. The van der Waals surface area contributed by atoms with Gasteiger partial charge in [0, 0.05) is 13.1 Å². The van der Waals surface area contributed by atoms with Crippen LogP contribution in [0.3, 0.4) is 0 Å². The summed E-state index contributed by atoms with van der Waals surface area (Å²) in [5.41, 5.74) is 1.59. The van der Waals surface area contributed by atoms with Gasteiger partial charge in [-0.05, 0) is 43.5 Å². The van der Waals surface area contributed by atoms with Crippen LogP contribution in [-0.4, -0.2) is 25.6 Å². The molecular formula is C19H20Cl2N2O2. The molecule has 1 aliphatic heterocycles. The molecule has 1 saturated heterocycles. The molecule has 3 rings (SSSR count). The second-order valence-corrected chi connectivity index (χ2v) is 6.77. The minimum atomic E-state index is -0.250. The van der Waals surface area contributed by atoms with Crippen LogP contribution in [0.15, 0.2) is 42.5 Å². The molecule has 4 nitrogen and oxygen atoms in total. The second kappa shape index (κ2) is 8.45. The monoisotopic (exact) mass is 378 g/mol. The highest BCUT2D eigenvalue weighted by Crippen LogP contribution is 2.35. The van der Waals surface area contributed by atoms with Crippen molar-refractivity contribution in [1.29, 1.82) is 0 Å². The number of halogens is 2. The van der Waals surface area contributed by atoms with Crippen LogP contribution in [0, 0.1) is 0 Å². The zero-order valence-corrected chi connectivity index (χ0v) is 15.3. The molecule has 1 aliphatic rings. The second-order valence-electron chi connectivity index (χ2n) is 5.95. The number of hydrogen-bond acceptors (Lipinski definition) is 3. The molecule has 0 bridgehead atoms. The molecule has 1 amide bonds. The first kappa shape index (κ1) is 17.9. The van der Waals surface area contributed by atoms with Crippen LogP contribution in [0.25, 0.3) is 0 Å². The van der Waals surface area contributed by atoms with Crippen LogP contribution in [0.1, 0.15) is 19.3 Å². The summed E-state index contributed by atoms with van der Waals surface area (Å²) in [5.74, 6) is 0.238. The maximum absolute atomic E-state index is 12.3. The molecule has 1 heterocycles. The summed E-state index contributed by atoms with van der Waals surface area (Å²) in [7, 11) is 0. The Hall–Kier alpha value is -1.91. The van der Waals surface area contributed by atoms with E-state index in [0.717, 1.165) is 31.6 Å². The zero-order chi connectivity index (χ0) is 17.6. The average molecular weight is 379 g/mol. The molecule has 0 unspecified atom stereocenters. The Morgan fingerprint density at radius 2 is 1.72 bits per heavy atom. The molecule has 1 fully saturated rings. The van der Waals surface area contributed by atoms with Crippen LogP contribution in [-0.2, 0) is 4.79 Å². The molecule has 2 aromatic rings. The first-order chi connectivity index (χ1) is 12.1. The van der Waals surface area contributed by atoms with Gasteiger partial charge in [-0.2, -0.15) is 0 Å². The minimum absolute atomic E-state index is 0.115. The summed E-state index contributed by atoms with van der Waals surface area (Å²) in [6.45, 7) is 1.78. The summed E-state index contributed by atoms with van der Waals surface area (Å²) >= 11 is 12.4. The normalized spacial score (nSPS) is 14.2. The number of nitrogens with zero attached hydrogens (tertiary/aromatic N) is 1. The fourth-order valence-corrected chi connectivity index (χ4v) is 3.43. The van der Waals surface area contributed by atoms with Crippen LogP contribution in [0.4, 0.5) is 11.4 Å². The molecule has 0 aromatic heterocycles. The molecule has 0 saturated carbocycles. The van der Waals surface area contributed by atoms with E-state index in [-0.39, 0.29) is 12.5 Å². The molecule has 2 aromatic carbocycles. The summed E-state index contributed by atoms with van der Waals surface area (Å²) in [6.07, 6.45) is 3.50. The average Bonchev–Trinajstić information content (AvgIpc) is 2.62. The number of carbonyl (C=O) groups excluding carboxylic acids is 1. The maximum atomic E-state index is 12.3. The summed E-state index contributed by atoms with van der Waals surface area (Å²) < 4.78 is 5.50. The van der Waals surface area contributed by atoms with Gasteiger partial charge in [0.1, 0.15) is 5.75 Å². The molecule has 132 valence electrons. The van der Waals surface area contributed by atoms with Gasteiger partial charge in [-0.15, -0.1) is 0 Å². The first-order valence-electron chi connectivity index (χ1n) is 8.36. The van der Waals surface area contributed by atoms with E-state index in [1.807, 2.05) is 30.3 Å². The molecule has 6 heteroatoms. The number of para-hydroxylation sites is 2. The number of hydrogen-bond donors (Lipinski definition) is 1. The molecule has 0 radical (unpaired) electrons. The zero-order valence-electron chi connectivity index (χ0n) is 13.8. The Labute approximate surface area is 157 Å². The third kappa shape index (κ3) is 4.59. The fourth-order valence-electron chi connectivity index (χ4n) is 2.95. The summed E-state index contributed by atoms with van der Waals surface area (Å²) in [4.78, 5) is 14.5. The van der Waals surface area contributed by atoms with Crippen molar-refractivity contribution in [2.45, 2.75) is 19.3 Å². The van der Waals surface area contributed by atoms with Gasteiger partial charge in [0.15, 0.2) is 6.61 Å². The lowest BCUT2D eigenvalue weighted by Gasteiger charge is -2.31. The first-order valence-corrected chi connectivity index (χ1v) is 9.11. The van der Waals surface area contributed by atoms with Crippen LogP contribution in [0.5, 0.6) is 5.75 Å². The number of amides is 1. The number of anilines is 2. The highest BCUT2D eigenvalue weighted by molar-refractivity contribution is 6.34. The van der Waals surface area contributed by atoms with E-state index in [0.29, 0.717) is 21.5 Å². The number of benzene rings is 2. The van der Waals surface area contributed by atoms with Gasteiger partial charge in [-0.3, -0.25) is 4.79 Å². The number of ether oxygens (including phenoxy) is 1. The SMILES string of the molecule is O=C(COc1ccccc1Cl)Nc1cccc(Cl)c1N1CCCCC1. The van der Waals surface area contributed by atoms with Crippen molar-refractivity contribution >= 4 is 40.5 Å². The van der Waals surface area contributed by atoms with Crippen LogP contribution >= 0.6 is 23.2 Å². The van der Waals surface area contributed by atoms with Crippen LogP contribution in [0.2, 0.25) is 10.0 Å². The molecule has 25 heavy (non-hydrogen) atoms. The predicted octanol–water partition coefficient (Wildman–Crippen LogP) is 5.00. The number of nitrogens with one attached hydrogen (secondary N) is 1. The smallest absolute Gasteiger partial charge is 0.262 e. The van der Waals surface area contributed by atoms with Gasteiger partial charge >= 0.3 is 0 Å². The van der Waals surface area contributed by atoms with Gasteiger partial charge in [-0.1, -0.05) is 41.4 Å². The van der Waals surface area contributed by atoms with Gasteiger partial charge in [0.25, 0.3) is 5.91 Å². The van der Waals surface area contributed by atoms with Crippen molar-refractivity contribution in [2.75, 3.05) is 29.9 Å². The molecule has 1 N–H and O–H groups in total. The largest absolute Gasteiger partial charge is 0.482 e. The lowest BCUT2D eigenvalue weighted by molar-refractivity contribution is -0.118. The topological polar surface area (TPSA) is 41.6 Å². The summed E-state index contributed by atoms with van der Waals surface area (Å²) in [5, 5.41) is 4.03. The molecular weight excluding hydrogens is 359 g/mol. The van der Waals surface area contributed by atoms with E-state index in [4.69, 9.17) is 27.9 Å². The van der Waals surface area contributed by atoms with E-state index < -0.39 is 0 Å². The maximum Gasteiger partial charge on any atom is 0.262 e. The van der Waals surface area contributed by atoms with Crippen molar-refractivity contribution in [3.05, 3.63) is 52.5 Å².